The summed E-state index contributed by atoms with van der Waals surface area (Å²) in [5.74, 6) is -1.08. The molecule has 1 aromatic carbocycles. The second kappa shape index (κ2) is 6.96. The van der Waals surface area contributed by atoms with Gasteiger partial charge >= 0.3 is 0 Å². The molecule has 0 aliphatic heterocycles. The molecule has 0 aromatic heterocycles. The Bertz CT molecular complexity index is 377. The first-order chi connectivity index (χ1) is 8.99. The summed E-state index contributed by atoms with van der Waals surface area (Å²) in [4.78, 5) is 0. The molecule has 0 bridgehead atoms. The van der Waals surface area contributed by atoms with Crippen LogP contribution < -0.4 is 5.32 Å². The van der Waals surface area contributed by atoms with Crippen molar-refractivity contribution < 1.29 is 13.9 Å². The van der Waals surface area contributed by atoms with Crippen molar-refractivity contribution in [3.8, 4) is 0 Å². The highest BCUT2D eigenvalue weighted by Crippen LogP contribution is 2.27. The Kier molecular flexibility index (Phi) is 5.88. The van der Waals surface area contributed by atoms with Gasteiger partial charge in [0, 0.05) is 30.2 Å². The van der Waals surface area contributed by atoms with E-state index in [0.29, 0.717) is 6.54 Å². The third kappa shape index (κ3) is 3.74. The van der Waals surface area contributed by atoms with Gasteiger partial charge in [0.15, 0.2) is 0 Å². The number of rotatable bonds is 7. The molecule has 0 saturated carbocycles. The number of hydrogen-bond acceptors (Lipinski definition) is 2. The maximum Gasteiger partial charge on any atom is 0.130 e. The molecule has 108 valence electrons. The van der Waals surface area contributed by atoms with Crippen LogP contribution in [-0.2, 0) is 0 Å². The van der Waals surface area contributed by atoms with Gasteiger partial charge in [0.25, 0.3) is 0 Å². The molecule has 0 amide bonds. The quantitative estimate of drug-likeness (QED) is 0.796. The van der Waals surface area contributed by atoms with Gasteiger partial charge in [0.2, 0.25) is 0 Å². The molecular weight excluding hydrogens is 248 g/mol. The number of hydrogen-bond donors (Lipinski definition) is 2. The van der Waals surface area contributed by atoms with Gasteiger partial charge in [0.1, 0.15) is 11.6 Å². The van der Waals surface area contributed by atoms with Crippen LogP contribution in [0.1, 0.15) is 45.2 Å². The smallest absolute Gasteiger partial charge is 0.130 e. The molecular formula is C15H23F2NO. The van der Waals surface area contributed by atoms with Crippen LogP contribution in [-0.4, -0.2) is 18.3 Å². The highest BCUT2D eigenvalue weighted by Gasteiger charge is 2.26. The van der Waals surface area contributed by atoms with Gasteiger partial charge in [-0.2, -0.15) is 0 Å². The minimum Gasteiger partial charge on any atom is -0.396 e. The zero-order valence-electron chi connectivity index (χ0n) is 11.8. The van der Waals surface area contributed by atoms with E-state index in [1.807, 2.05) is 13.8 Å². The lowest BCUT2D eigenvalue weighted by molar-refractivity contribution is 0.110. The van der Waals surface area contributed by atoms with Crippen LogP contribution in [0.4, 0.5) is 8.78 Å². The summed E-state index contributed by atoms with van der Waals surface area (Å²) in [5, 5.41) is 12.6. The van der Waals surface area contributed by atoms with Gasteiger partial charge in [-0.3, -0.25) is 0 Å². The van der Waals surface area contributed by atoms with Crippen LogP contribution in [0.25, 0.3) is 0 Å². The molecule has 0 radical (unpaired) electrons. The third-order valence-corrected chi connectivity index (χ3v) is 4.05. The Morgan fingerprint density at radius 1 is 1.21 bits per heavy atom. The number of aliphatic hydroxyl groups is 1. The Hall–Kier alpha value is -1.00. The largest absolute Gasteiger partial charge is 0.396 e. The van der Waals surface area contributed by atoms with Crippen molar-refractivity contribution in [2.45, 2.75) is 39.7 Å². The van der Waals surface area contributed by atoms with Crippen molar-refractivity contribution in [3.05, 3.63) is 35.4 Å². The fourth-order valence-corrected chi connectivity index (χ4v) is 2.18. The molecule has 0 heterocycles. The van der Waals surface area contributed by atoms with Crippen LogP contribution in [0.15, 0.2) is 18.2 Å². The first-order valence-corrected chi connectivity index (χ1v) is 6.77. The first-order valence-electron chi connectivity index (χ1n) is 6.77. The van der Waals surface area contributed by atoms with E-state index in [-0.39, 0.29) is 17.6 Å². The van der Waals surface area contributed by atoms with E-state index in [1.165, 1.54) is 18.2 Å². The molecule has 2 N–H and O–H groups in total. The monoisotopic (exact) mass is 271 g/mol. The Labute approximate surface area is 113 Å². The van der Waals surface area contributed by atoms with Gasteiger partial charge in [0.05, 0.1) is 0 Å². The Morgan fingerprint density at radius 3 is 2.16 bits per heavy atom. The van der Waals surface area contributed by atoms with Gasteiger partial charge in [-0.05, 0) is 31.9 Å². The van der Waals surface area contributed by atoms with E-state index in [1.54, 1.807) is 6.92 Å². The van der Waals surface area contributed by atoms with E-state index in [2.05, 4.69) is 5.32 Å². The summed E-state index contributed by atoms with van der Waals surface area (Å²) in [6.45, 7) is 6.35. The van der Waals surface area contributed by atoms with E-state index in [9.17, 15) is 13.9 Å². The van der Waals surface area contributed by atoms with Crippen molar-refractivity contribution in [3.63, 3.8) is 0 Å². The molecule has 4 heteroatoms. The summed E-state index contributed by atoms with van der Waals surface area (Å²) in [5.41, 5.74) is -0.169. The summed E-state index contributed by atoms with van der Waals surface area (Å²) >= 11 is 0. The molecule has 0 aliphatic rings. The summed E-state index contributed by atoms with van der Waals surface area (Å²) in [6.07, 6.45) is 1.64. The van der Waals surface area contributed by atoms with E-state index in [0.717, 1.165) is 12.8 Å². The van der Waals surface area contributed by atoms with Crippen molar-refractivity contribution in [2.75, 3.05) is 13.2 Å². The van der Waals surface area contributed by atoms with Gasteiger partial charge in [-0.25, -0.2) is 8.78 Å². The van der Waals surface area contributed by atoms with Crippen molar-refractivity contribution >= 4 is 0 Å². The third-order valence-electron chi connectivity index (χ3n) is 4.05. The number of nitrogens with one attached hydrogen (secondary N) is 1. The van der Waals surface area contributed by atoms with Crippen LogP contribution >= 0.6 is 0 Å². The maximum atomic E-state index is 13.6. The van der Waals surface area contributed by atoms with E-state index >= 15 is 0 Å². The molecule has 1 aromatic rings. The topological polar surface area (TPSA) is 32.3 Å². The molecule has 1 atom stereocenters. The minimum atomic E-state index is -0.539. The lowest BCUT2D eigenvalue weighted by Gasteiger charge is -2.31. The molecule has 0 spiro atoms. The van der Waals surface area contributed by atoms with Crippen LogP contribution in [0.3, 0.4) is 0 Å². The molecule has 1 rings (SSSR count). The minimum absolute atomic E-state index is 0.0570. The zero-order valence-corrected chi connectivity index (χ0v) is 11.8. The van der Waals surface area contributed by atoms with Crippen molar-refractivity contribution in [2.24, 2.45) is 5.41 Å². The van der Waals surface area contributed by atoms with Gasteiger partial charge < -0.3 is 10.4 Å². The molecule has 19 heavy (non-hydrogen) atoms. The first kappa shape index (κ1) is 16.1. The molecule has 0 saturated heterocycles. The normalized spacial score (nSPS) is 13.6. The predicted octanol–water partition coefficient (Wildman–Crippen LogP) is 3.41. The van der Waals surface area contributed by atoms with Crippen molar-refractivity contribution in [1.82, 2.24) is 5.32 Å². The second-order valence-electron chi connectivity index (χ2n) is 5.10. The highest BCUT2D eigenvalue weighted by molar-refractivity contribution is 5.22. The SMILES string of the molecule is CCC(CC)(CO)CNC(C)c1c(F)cccc1F. The lowest BCUT2D eigenvalue weighted by Crippen LogP contribution is -2.38. The van der Waals surface area contributed by atoms with E-state index in [4.69, 9.17) is 0 Å². The number of halogens is 2. The van der Waals surface area contributed by atoms with Crippen LogP contribution in [0.2, 0.25) is 0 Å². The fraction of sp³-hybridized carbons (Fsp3) is 0.600. The lowest BCUT2D eigenvalue weighted by atomic mass is 9.83. The van der Waals surface area contributed by atoms with Crippen LogP contribution in [0, 0.1) is 17.0 Å². The molecule has 2 nitrogen and oxygen atoms in total. The van der Waals surface area contributed by atoms with Gasteiger partial charge in [-0.15, -0.1) is 0 Å². The second-order valence-corrected chi connectivity index (χ2v) is 5.10. The fourth-order valence-electron chi connectivity index (χ4n) is 2.18. The number of benzene rings is 1. The number of aliphatic hydroxyl groups excluding tert-OH is 1. The molecule has 0 fully saturated rings. The maximum absolute atomic E-state index is 13.6. The Balaban J connectivity index is 2.78. The van der Waals surface area contributed by atoms with Crippen LogP contribution in [0.5, 0.6) is 0 Å². The average Bonchev–Trinajstić information content (AvgIpc) is 2.41. The van der Waals surface area contributed by atoms with Gasteiger partial charge in [-0.1, -0.05) is 19.9 Å². The van der Waals surface area contributed by atoms with E-state index < -0.39 is 17.7 Å². The Morgan fingerprint density at radius 2 is 1.74 bits per heavy atom. The predicted molar refractivity (Wildman–Crippen MR) is 72.9 cm³/mol. The highest BCUT2D eigenvalue weighted by atomic mass is 19.1. The zero-order chi connectivity index (χ0) is 14.5. The average molecular weight is 271 g/mol. The molecule has 1 unspecified atom stereocenters. The standard InChI is InChI=1S/C15H23F2NO/c1-4-15(5-2,10-19)9-18-11(3)14-12(16)7-6-8-13(14)17/h6-8,11,18-19H,4-5,9-10H2,1-3H3. The summed E-state index contributed by atoms with van der Waals surface area (Å²) < 4.78 is 27.3. The summed E-state index contributed by atoms with van der Waals surface area (Å²) in [6, 6.07) is 3.45. The van der Waals surface area contributed by atoms with Crippen molar-refractivity contribution in [1.29, 1.82) is 0 Å². The summed E-state index contributed by atoms with van der Waals surface area (Å²) in [7, 11) is 0. The molecule has 0 aliphatic carbocycles.